The molecule has 2 aromatic rings. The molecule has 6 heteroatoms. The van der Waals surface area contributed by atoms with Gasteiger partial charge in [-0.15, -0.1) is 0 Å². The highest BCUT2D eigenvalue weighted by atomic mass is 35.5. The smallest absolute Gasteiger partial charge is 0.157 e. The van der Waals surface area contributed by atoms with Gasteiger partial charge in [-0.2, -0.15) is 0 Å². The van der Waals surface area contributed by atoms with Crippen molar-refractivity contribution in [3.8, 4) is 0 Å². The van der Waals surface area contributed by atoms with E-state index in [2.05, 4.69) is 9.97 Å². The molecule has 2 aromatic heterocycles. The Hall–Kier alpha value is -1.75. The molecule has 0 atom stereocenters. The summed E-state index contributed by atoms with van der Waals surface area (Å²) in [5.74, 6) is 1.42. The molecule has 0 radical (unpaired) electrons. The average Bonchev–Trinajstić information content (AvgIpc) is 2.74. The first kappa shape index (κ1) is 10.8. The normalized spacial score (nSPS) is 10.4. The van der Waals surface area contributed by atoms with Crippen LogP contribution in [0, 0.1) is 0 Å². The first-order chi connectivity index (χ1) is 7.68. The topological polar surface area (TPSA) is 68.2 Å². The molecule has 0 amide bonds. The third-order valence-corrected chi connectivity index (χ3v) is 2.45. The van der Waals surface area contributed by atoms with Crippen molar-refractivity contribution in [1.29, 1.82) is 0 Å². The Balaban J connectivity index is 2.21. The van der Waals surface area contributed by atoms with E-state index < -0.39 is 0 Å². The Morgan fingerprint density at radius 1 is 1.50 bits per heavy atom. The molecule has 0 spiro atoms. The van der Waals surface area contributed by atoms with Crippen LogP contribution in [0.2, 0.25) is 5.15 Å². The zero-order chi connectivity index (χ0) is 11.5. The fraction of sp³-hybridized carbons (Fsp3) is 0.200. The Morgan fingerprint density at radius 3 is 3.00 bits per heavy atom. The first-order valence-electron chi connectivity index (χ1n) is 4.68. The maximum Gasteiger partial charge on any atom is 0.157 e. The van der Waals surface area contributed by atoms with Crippen molar-refractivity contribution in [3.05, 3.63) is 35.6 Å². The highest BCUT2D eigenvalue weighted by Crippen LogP contribution is 2.25. The predicted octanol–water partition coefficient (Wildman–Crippen LogP) is 1.94. The van der Waals surface area contributed by atoms with E-state index in [1.807, 2.05) is 24.1 Å². The van der Waals surface area contributed by atoms with Gasteiger partial charge in [0.25, 0.3) is 0 Å². The monoisotopic (exact) mass is 238 g/mol. The van der Waals surface area contributed by atoms with Crippen LogP contribution in [0.1, 0.15) is 5.76 Å². The largest absolute Gasteiger partial charge is 0.467 e. The number of furan rings is 1. The summed E-state index contributed by atoms with van der Waals surface area (Å²) in [4.78, 5) is 9.73. The summed E-state index contributed by atoms with van der Waals surface area (Å²) in [6.07, 6.45) is 3.01. The molecule has 16 heavy (non-hydrogen) atoms. The lowest BCUT2D eigenvalue weighted by molar-refractivity contribution is 0.507. The van der Waals surface area contributed by atoms with E-state index in [0.29, 0.717) is 18.1 Å². The molecule has 0 aliphatic carbocycles. The van der Waals surface area contributed by atoms with E-state index in [0.717, 1.165) is 5.76 Å². The van der Waals surface area contributed by atoms with Gasteiger partial charge in [0.15, 0.2) is 11.0 Å². The molecule has 0 fully saturated rings. The second-order valence-corrected chi connectivity index (χ2v) is 3.70. The van der Waals surface area contributed by atoms with E-state index in [9.17, 15) is 0 Å². The summed E-state index contributed by atoms with van der Waals surface area (Å²) < 4.78 is 5.24. The van der Waals surface area contributed by atoms with E-state index in [4.69, 9.17) is 21.8 Å². The number of halogens is 1. The third kappa shape index (κ3) is 2.09. The number of nitrogens with two attached hydrogens (primary N) is 1. The highest BCUT2D eigenvalue weighted by molar-refractivity contribution is 6.32. The first-order valence-corrected chi connectivity index (χ1v) is 5.06. The van der Waals surface area contributed by atoms with Crippen molar-refractivity contribution in [1.82, 2.24) is 9.97 Å². The number of rotatable bonds is 3. The lowest BCUT2D eigenvalue weighted by atomic mass is 10.4. The Kier molecular flexibility index (Phi) is 2.96. The molecule has 0 unspecified atom stereocenters. The molecule has 0 saturated carbocycles. The summed E-state index contributed by atoms with van der Waals surface area (Å²) >= 11 is 5.81. The van der Waals surface area contributed by atoms with Crippen molar-refractivity contribution >= 4 is 23.1 Å². The van der Waals surface area contributed by atoms with Crippen molar-refractivity contribution in [3.63, 3.8) is 0 Å². The van der Waals surface area contributed by atoms with Crippen LogP contribution in [0.15, 0.2) is 29.1 Å². The van der Waals surface area contributed by atoms with Crippen LogP contribution in [0.25, 0.3) is 0 Å². The van der Waals surface area contributed by atoms with Crippen LogP contribution in [0.4, 0.5) is 11.5 Å². The van der Waals surface area contributed by atoms with Crippen molar-refractivity contribution in [2.45, 2.75) is 6.54 Å². The van der Waals surface area contributed by atoms with Gasteiger partial charge < -0.3 is 15.1 Å². The average molecular weight is 239 g/mol. The lowest BCUT2D eigenvalue weighted by Gasteiger charge is -2.18. The quantitative estimate of drug-likeness (QED) is 0.828. The van der Waals surface area contributed by atoms with Gasteiger partial charge in [0.1, 0.15) is 17.8 Å². The van der Waals surface area contributed by atoms with Crippen LogP contribution in [0.5, 0.6) is 0 Å². The standard InChI is InChI=1S/C10H11ClN4O/c1-15(5-7-3-2-4-16-7)10-8(12)9(11)13-6-14-10/h2-4,6H,5,12H2,1H3. The summed E-state index contributed by atoms with van der Waals surface area (Å²) in [5, 5.41) is 0.260. The van der Waals surface area contributed by atoms with Gasteiger partial charge in [0, 0.05) is 7.05 Å². The fourth-order valence-corrected chi connectivity index (χ4v) is 1.51. The lowest BCUT2D eigenvalue weighted by Crippen LogP contribution is -2.19. The van der Waals surface area contributed by atoms with Gasteiger partial charge in [-0.3, -0.25) is 0 Å². The van der Waals surface area contributed by atoms with E-state index in [1.54, 1.807) is 6.26 Å². The maximum atomic E-state index is 5.81. The summed E-state index contributed by atoms with van der Waals surface area (Å²) in [7, 11) is 1.86. The second-order valence-electron chi connectivity index (χ2n) is 3.34. The van der Waals surface area contributed by atoms with Gasteiger partial charge in [-0.05, 0) is 12.1 Å². The minimum absolute atomic E-state index is 0.260. The van der Waals surface area contributed by atoms with Crippen LogP contribution in [0.3, 0.4) is 0 Å². The SMILES string of the molecule is CN(Cc1ccco1)c1ncnc(Cl)c1N. The third-order valence-electron chi connectivity index (χ3n) is 2.15. The van der Waals surface area contributed by atoms with E-state index in [-0.39, 0.29) is 5.15 Å². The highest BCUT2D eigenvalue weighted by Gasteiger charge is 2.11. The summed E-state index contributed by atoms with van der Waals surface area (Å²) in [5.41, 5.74) is 6.16. The second kappa shape index (κ2) is 4.40. The molecule has 0 bridgehead atoms. The molecule has 2 heterocycles. The molecule has 0 saturated heterocycles. The molecule has 0 aliphatic rings. The fourth-order valence-electron chi connectivity index (χ4n) is 1.38. The predicted molar refractivity (Wildman–Crippen MR) is 62.3 cm³/mol. The van der Waals surface area contributed by atoms with E-state index in [1.165, 1.54) is 6.33 Å². The Morgan fingerprint density at radius 2 is 2.31 bits per heavy atom. The van der Waals surface area contributed by atoms with Gasteiger partial charge in [0.2, 0.25) is 0 Å². The minimum Gasteiger partial charge on any atom is -0.467 e. The zero-order valence-corrected chi connectivity index (χ0v) is 9.48. The number of hydrogen-bond donors (Lipinski definition) is 1. The zero-order valence-electron chi connectivity index (χ0n) is 8.72. The molecule has 0 aliphatic heterocycles. The molecule has 84 valence electrons. The van der Waals surface area contributed by atoms with Crippen LogP contribution < -0.4 is 10.6 Å². The number of anilines is 2. The van der Waals surface area contributed by atoms with Gasteiger partial charge in [0.05, 0.1) is 12.8 Å². The van der Waals surface area contributed by atoms with Gasteiger partial charge in [-0.25, -0.2) is 9.97 Å². The van der Waals surface area contributed by atoms with Gasteiger partial charge in [-0.1, -0.05) is 11.6 Å². The van der Waals surface area contributed by atoms with Crippen LogP contribution in [-0.2, 0) is 6.54 Å². The summed E-state index contributed by atoms with van der Waals surface area (Å²) in [6.45, 7) is 0.574. The van der Waals surface area contributed by atoms with Gasteiger partial charge >= 0.3 is 0 Å². The Bertz CT molecular complexity index is 472. The molecule has 0 aromatic carbocycles. The minimum atomic E-state index is 0.260. The molecule has 2 N–H and O–H groups in total. The van der Waals surface area contributed by atoms with Crippen molar-refractivity contribution < 1.29 is 4.42 Å². The number of nitrogen functional groups attached to an aromatic ring is 1. The van der Waals surface area contributed by atoms with Crippen molar-refractivity contribution in [2.75, 3.05) is 17.7 Å². The molecular formula is C10H11ClN4O. The van der Waals surface area contributed by atoms with E-state index >= 15 is 0 Å². The molecular weight excluding hydrogens is 228 g/mol. The summed E-state index contributed by atoms with van der Waals surface area (Å²) in [6, 6.07) is 3.72. The maximum absolute atomic E-state index is 5.81. The Labute approximate surface area is 97.9 Å². The van der Waals surface area contributed by atoms with Crippen LogP contribution in [-0.4, -0.2) is 17.0 Å². The number of nitrogens with zero attached hydrogens (tertiary/aromatic N) is 3. The molecule has 2 rings (SSSR count). The van der Waals surface area contributed by atoms with Crippen molar-refractivity contribution in [2.24, 2.45) is 0 Å². The number of hydrogen-bond acceptors (Lipinski definition) is 5. The number of aromatic nitrogens is 2. The van der Waals surface area contributed by atoms with Crippen LogP contribution >= 0.6 is 11.6 Å². The molecule has 5 nitrogen and oxygen atoms in total.